The predicted octanol–water partition coefficient (Wildman–Crippen LogP) is 4.16. The Kier molecular flexibility index (Phi) is 5.18. The van der Waals surface area contributed by atoms with E-state index in [9.17, 15) is 4.79 Å². The Balaban J connectivity index is 1.71. The standard InChI is InChI=1S/C16H12Cl2N4OS/c1-22-15(11-4-7-14(18)19-8-11)20-21-16(22)24-9-13(23)10-2-5-12(17)6-3-10/h2-8H,9H2,1H3. The van der Waals surface area contributed by atoms with Gasteiger partial charge in [0, 0.05) is 29.4 Å². The summed E-state index contributed by atoms with van der Waals surface area (Å²) in [4.78, 5) is 16.2. The maximum atomic E-state index is 12.2. The molecule has 0 saturated heterocycles. The highest BCUT2D eigenvalue weighted by molar-refractivity contribution is 7.99. The molecular formula is C16H12Cl2N4OS. The molecule has 1 aromatic carbocycles. The van der Waals surface area contributed by atoms with Crippen molar-refractivity contribution < 1.29 is 4.79 Å². The first kappa shape index (κ1) is 17.0. The second kappa shape index (κ2) is 7.34. The molecule has 0 N–H and O–H groups in total. The molecule has 2 aromatic heterocycles. The zero-order valence-electron chi connectivity index (χ0n) is 12.6. The first-order valence-corrected chi connectivity index (χ1v) is 8.71. The minimum atomic E-state index is 0.00868. The van der Waals surface area contributed by atoms with Gasteiger partial charge in [-0.3, -0.25) is 4.79 Å². The van der Waals surface area contributed by atoms with Crippen LogP contribution >= 0.6 is 35.0 Å². The van der Waals surface area contributed by atoms with E-state index in [1.165, 1.54) is 11.8 Å². The van der Waals surface area contributed by atoms with Crippen molar-refractivity contribution in [2.45, 2.75) is 5.16 Å². The summed E-state index contributed by atoms with van der Waals surface area (Å²) in [6.45, 7) is 0. The summed E-state index contributed by atoms with van der Waals surface area (Å²) in [5.41, 5.74) is 1.43. The maximum absolute atomic E-state index is 12.2. The number of nitrogens with zero attached hydrogens (tertiary/aromatic N) is 4. The molecule has 0 aliphatic heterocycles. The molecule has 0 saturated carbocycles. The van der Waals surface area contributed by atoms with E-state index in [4.69, 9.17) is 23.2 Å². The largest absolute Gasteiger partial charge is 0.305 e. The molecular weight excluding hydrogens is 367 g/mol. The number of halogens is 2. The van der Waals surface area contributed by atoms with Crippen LogP contribution in [0.25, 0.3) is 11.4 Å². The Hall–Kier alpha value is -1.89. The molecule has 5 nitrogen and oxygen atoms in total. The van der Waals surface area contributed by atoms with E-state index in [2.05, 4.69) is 15.2 Å². The zero-order chi connectivity index (χ0) is 17.1. The number of Topliss-reactive ketones (excluding diaryl/α,β-unsaturated/α-hetero) is 1. The van der Waals surface area contributed by atoms with Crippen LogP contribution in [0.5, 0.6) is 0 Å². The van der Waals surface area contributed by atoms with E-state index < -0.39 is 0 Å². The summed E-state index contributed by atoms with van der Waals surface area (Å²) < 4.78 is 1.82. The fourth-order valence-corrected chi connectivity index (χ4v) is 3.09. The molecule has 0 radical (unpaired) electrons. The topological polar surface area (TPSA) is 60.7 Å². The first-order chi connectivity index (χ1) is 11.5. The Morgan fingerprint density at radius 2 is 1.88 bits per heavy atom. The summed E-state index contributed by atoms with van der Waals surface area (Å²) in [6.07, 6.45) is 1.64. The molecule has 3 rings (SSSR count). The van der Waals surface area contributed by atoms with Crippen LogP contribution in [0.15, 0.2) is 47.8 Å². The van der Waals surface area contributed by atoms with Gasteiger partial charge in [0.2, 0.25) is 0 Å². The van der Waals surface area contributed by atoms with E-state index in [1.54, 1.807) is 36.5 Å². The summed E-state index contributed by atoms with van der Waals surface area (Å²) in [6, 6.07) is 10.4. The predicted molar refractivity (Wildman–Crippen MR) is 95.8 cm³/mol. The van der Waals surface area contributed by atoms with Gasteiger partial charge < -0.3 is 4.57 Å². The van der Waals surface area contributed by atoms with Gasteiger partial charge in [-0.05, 0) is 36.4 Å². The van der Waals surface area contributed by atoms with Gasteiger partial charge in [-0.25, -0.2) is 4.98 Å². The van der Waals surface area contributed by atoms with Gasteiger partial charge in [-0.1, -0.05) is 35.0 Å². The van der Waals surface area contributed by atoms with Gasteiger partial charge in [-0.15, -0.1) is 10.2 Å². The van der Waals surface area contributed by atoms with Crippen LogP contribution in [0.3, 0.4) is 0 Å². The Morgan fingerprint density at radius 3 is 2.54 bits per heavy atom. The first-order valence-electron chi connectivity index (χ1n) is 6.97. The lowest BCUT2D eigenvalue weighted by Crippen LogP contribution is -2.03. The highest BCUT2D eigenvalue weighted by Crippen LogP contribution is 2.23. The number of hydrogen-bond acceptors (Lipinski definition) is 5. The van der Waals surface area contributed by atoms with Crippen LogP contribution in [0.4, 0.5) is 0 Å². The molecule has 0 fully saturated rings. The molecule has 0 aliphatic rings. The quantitative estimate of drug-likeness (QED) is 0.379. The molecule has 0 spiro atoms. The number of aromatic nitrogens is 4. The van der Waals surface area contributed by atoms with Crippen molar-refractivity contribution in [2.75, 3.05) is 5.75 Å². The third-order valence-electron chi connectivity index (χ3n) is 3.32. The lowest BCUT2D eigenvalue weighted by molar-refractivity contribution is 0.102. The monoisotopic (exact) mass is 378 g/mol. The highest BCUT2D eigenvalue weighted by Gasteiger charge is 2.14. The van der Waals surface area contributed by atoms with Crippen LogP contribution < -0.4 is 0 Å². The number of hydrogen-bond donors (Lipinski definition) is 0. The lowest BCUT2D eigenvalue weighted by Gasteiger charge is -2.04. The molecule has 0 unspecified atom stereocenters. The number of thioether (sulfide) groups is 1. The zero-order valence-corrected chi connectivity index (χ0v) is 14.9. The smallest absolute Gasteiger partial charge is 0.191 e. The number of ketones is 1. The second-order valence-electron chi connectivity index (χ2n) is 4.95. The van der Waals surface area contributed by atoms with Gasteiger partial charge in [0.15, 0.2) is 16.8 Å². The summed E-state index contributed by atoms with van der Waals surface area (Å²) in [5, 5.41) is 9.97. The third-order valence-corrected chi connectivity index (χ3v) is 4.81. The van der Waals surface area contributed by atoms with Crippen LogP contribution in [0.1, 0.15) is 10.4 Å². The lowest BCUT2D eigenvalue weighted by atomic mass is 10.1. The van der Waals surface area contributed by atoms with Crippen molar-refractivity contribution >= 4 is 40.7 Å². The van der Waals surface area contributed by atoms with Crippen molar-refractivity contribution in [1.82, 2.24) is 19.7 Å². The molecule has 0 bridgehead atoms. The van der Waals surface area contributed by atoms with Crippen LogP contribution in [0, 0.1) is 0 Å². The fourth-order valence-electron chi connectivity index (χ4n) is 2.05. The van der Waals surface area contributed by atoms with E-state index >= 15 is 0 Å². The fraction of sp³-hybridized carbons (Fsp3) is 0.125. The average molecular weight is 379 g/mol. The SMILES string of the molecule is Cn1c(SCC(=O)c2ccc(Cl)cc2)nnc1-c1ccc(Cl)nc1. The van der Waals surface area contributed by atoms with E-state index in [0.29, 0.717) is 26.7 Å². The van der Waals surface area contributed by atoms with Crippen molar-refractivity contribution in [3.8, 4) is 11.4 Å². The number of carbonyl (C=O) groups excluding carboxylic acids is 1. The molecule has 24 heavy (non-hydrogen) atoms. The Labute approximate surface area is 153 Å². The molecule has 0 amide bonds. The van der Waals surface area contributed by atoms with Crippen molar-refractivity contribution in [3.63, 3.8) is 0 Å². The van der Waals surface area contributed by atoms with Crippen LogP contribution in [-0.2, 0) is 7.05 Å². The van der Waals surface area contributed by atoms with Gasteiger partial charge in [0.25, 0.3) is 0 Å². The summed E-state index contributed by atoms with van der Waals surface area (Å²) in [5.74, 6) is 0.946. The molecule has 122 valence electrons. The minimum absolute atomic E-state index is 0.00868. The highest BCUT2D eigenvalue weighted by atomic mass is 35.5. The van der Waals surface area contributed by atoms with Gasteiger partial charge in [-0.2, -0.15) is 0 Å². The van der Waals surface area contributed by atoms with Gasteiger partial charge in [0.05, 0.1) is 5.75 Å². The number of rotatable bonds is 5. The molecule has 8 heteroatoms. The molecule has 0 aliphatic carbocycles. The van der Waals surface area contributed by atoms with Crippen molar-refractivity contribution in [3.05, 3.63) is 58.3 Å². The average Bonchev–Trinajstić information content (AvgIpc) is 2.95. The molecule has 2 heterocycles. The maximum Gasteiger partial charge on any atom is 0.191 e. The number of benzene rings is 1. The molecule has 0 atom stereocenters. The molecule has 3 aromatic rings. The van der Waals surface area contributed by atoms with Crippen molar-refractivity contribution in [1.29, 1.82) is 0 Å². The van der Waals surface area contributed by atoms with Gasteiger partial charge in [0.1, 0.15) is 5.15 Å². The van der Waals surface area contributed by atoms with E-state index in [0.717, 1.165) is 5.56 Å². The third kappa shape index (κ3) is 3.77. The number of pyridine rings is 1. The summed E-state index contributed by atoms with van der Waals surface area (Å²) >= 11 is 13.0. The van der Waals surface area contributed by atoms with E-state index in [1.807, 2.05) is 17.7 Å². The van der Waals surface area contributed by atoms with Gasteiger partial charge >= 0.3 is 0 Å². The summed E-state index contributed by atoms with van der Waals surface area (Å²) in [7, 11) is 1.85. The van der Waals surface area contributed by atoms with Crippen molar-refractivity contribution in [2.24, 2.45) is 7.05 Å². The Morgan fingerprint density at radius 1 is 1.12 bits per heavy atom. The second-order valence-corrected chi connectivity index (χ2v) is 6.72. The van der Waals surface area contributed by atoms with Crippen LogP contribution in [0.2, 0.25) is 10.2 Å². The normalized spacial score (nSPS) is 10.8. The van der Waals surface area contributed by atoms with Crippen LogP contribution in [-0.4, -0.2) is 31.3 Å². The Bertz CT molecular complexity index is 863. The van der Waals surface area contributed by atoms with E-state index in [-0.39, 0.29) is 11.5 Å². The number of carbonyl (C=O) groups is 1. The minimum Gasteiger partial charge on any atom is -0.305 e.